The van der Waals surface area contributed by atoms with Crippen LogP contribution in [0.25, 0.3) is 0 Å². The summed E-state index contributed by atoms with van der Waals surface area (Å²) in [5.74, 6) is 0.211. The minimum Gasteiger partial charge on any atom is -0.308 e. The zero-order valence-corrected chi connectivity index (χ0v) is 10.8. The van der Waals surface area contributed by atoms with E-state index in [1.807, 2.05) is 12.1 Å². The molecular weight excluding hydrogens is 234 g/mol. The molecule has 1 unspecified atom stereocenters. The van der Waals surface area contributed by atoms with Crippen LogP contribution in [0.4, 0.5) is 0 Å². The second kappa shape index (κ2) is 3.56. The van der Waals surface area contributed by atoms with Crippen molar-refractivity contribution in [2.75, 3.05) is 12.3 Å². The Bertz CT molecular complexity index is 546. The van der Waals surface area contributed by atoms with Gasteiger partial charge in [-0.2, -0.15) is 0 Å². The fraction of sp³-hybridized carbons (Fsp3) is 0.538. The maximum Gasteiger partial charge on any atom is 0.180 e. The summed E-state index contributed by atoms with van der Waals surface area (Å²) in [4.78, 5) is 0.512. The molecule has 4 heteroatoms. The van der Waals surface area contributed by atoms with Crippen LogP contribution in [-0.2, 0) is 9.84 Å². The second-order valence-corrected chi connectivity index (χ2v) is 7.57. The first-order valence-electron chi connectivity index (χ1n) is 6.05. The summed E-state index contributed by atoms with van der Waals surface area (Å²) in [6, 6.07) is 7.32. The molecule has 0 bridgehead atoms. The van der Waals surface area contributed by atoms with Gasteiger partial charge in [-0.3, -0.25) is 0 Å². The molecule has 1 atom stereocenters. The van der Waals surface area contributed by atoms with Gasteiger partial charge in [-0.25, -0.2) is 8.42 Å². The van der Waals surface area contributed by atoms with Gasteiger partial charge in [0.05, 0.1) is 10.6 Å². The van der Waals surface area contributed by atoms with Gasteiger partial charge in [0, 0.05) is 12.6 Å². The van der Waals surface area contributed by atoms with Gasteiger partial charge in [0.15, 0.2) is 9.84 Å². The zero-order chi connectivity index (χ0) is 12.1. The second-order valence-electron chi connectivity index (χ2n) is 5.56. The van der Waals surface area contributed by atoms with Crippen LogP contribution in [0, 0.1) is 5.41 Å². The highest BCUT2D eigenvalue weighted by Crippen LogP contribution is 2.45. The Balaban J connectivity index is 1.84. The lowest BCUT2D eigenvalue weighted by Gasteiger charge is -2.16. The van der Waals surface area contributed by atoms with Crippen molar-refractivity contribution < 1.29 is 8.42 Å². The summed E-state index contributed by atoms with van der Waals surface area (Å²) in [7, 11) is -3.06. The van der Waals surface area contributed by atoms with Crippen LogP contribution in [0.15, 0.2) is 29.2 Å². The van der Waals surface area contributed by atoms with Crippen molar-refractivity contribution >= 4 is 9.84 Å². The van der Waals surface area contributed by atoms with Gasteiger partial charge in [0.2, 0.25) is 0 Å². The van der Waals surface area contributed by atoms with Gasteiger partial charge in [-0.15, -0.1) is 0 Å². The number of fused-ring (bicyclic) bond motifs is 1. The monoisotopic (exact) mass is 251 g/mol. The van der Waals surface area contributed by atoms with Crippen molar-refractivity contribution in [2.24, 2.45) is 5.41 Å². The molecule has 3 nitrogen and oxygen atoms in total. The maximum atomic E-state index is 12.0. The van der Waals surface area contributed by atoms with Gasteiger partial charge < -0.3 is 5.32 Å². The van der Waals surface area contributed by atoms with Gasteiger partial charge >= 0.3 is 0 Å². The lowest BCUT2D eigenvalue weighted by atomic mass is 10.1. The molecule has 0 spiro atoms. The third kappa shape index (κ3) is 2.00. The van der Waals surface area contributed by atoms with Crippen LogP contribution < -0.4 is 5.32 Å². The molecule has 1 heterocycles. The topological polar surface area (TPSA) is 46.2 Å². The van der Waals surface area contributed by atoms with Crippen molar-refractivity contribution in [1.82, 2.24) is 5.32 Å². The summed E-state index contributed by atoms with van der Waals surface area (Å²) in [6.07, 6.45) is 2.50. The normalized spacial score (nSPS) is 27.7. The Hall–Kier alpha value is -0.870. The third-order valence-corrected chi connectivity index (χ3v) is 5.71. The van der Waals surface area contributed by atoms with Crippen molar-refractivity contribution in [3.8, 4) is 0 Å². The quantitative estimate of drug-likeness (QED) is 0.892. The number of rotatable bonds is 3. The molecule has 1 fully saturated rings. The molecule has 1 N–H and O–H groups in total. The number of sulfone groups is 1. The van der Waals surface area contributed by atoms with Crippen LogP contribution in [0.1, 0.15) is 31.4 Å². The number of benzene rings is 1. The summed E-state index contributed by atoms with van der Waals surface area (Å²) in [5, 5.41) is 3.42. The summed E-state index contributed by atoms with van der Waals surface area (Å²) < 4.78 is 23.9. The molecule has 0 saturated heterocycles. The summed E-state index contributed by atoms with van der Waals surface area (Å²) in [6.45, 7) is 3.16. The summed E-state index contributed by atoms with van der Waals surface area (Å²) >= 11 is 0. The molecule has 3 rings (SSSR count). The average molecular weight is 251 g/mol. The molecule has 1 aromatic carbocycles. The van der Waals surface area contributed by atoms with Crippen LogP contribution in [0.5, 0.6) is 0 Å². The van der Waals surface area contributed by atoms with E-state index in [0.717, 1.165) is 12.1 Å². The Morgan fingerprint density at radius 3 is 2.76 bits per heavy atom. The molecule has 1 saturated carbocycles. The predicted molar refractivity (Wildman–Crippen MR) is 66.6 cm³/mol. The van der Waals surface area contributed by atoms with Crippen LogP contribution in [-0.4, -0.2) is 20.7 Å². The minimum absolute atomic E-state index is 0.0198. The first-order chi connectivity index (χ1) is 8.00. The number of nitrogens with one attached hydrogen (secondary N) is 1. The van der Waals surface area contributed by atoms with Gasteiger partial charge in [0.25, 0.3) is 0 Å². The molecule has 1 aliphatic carbocycles. The van der Waals surface area contributed by atoms with E-state index in [-0.39, 0.29) is 11.8 Å². The Kier molecular flexibility index (Phi) is 2.35. The minimum atomic E-state index is -3.06. The van der Waals surface area contributed by atoms with Gasteiger partial charge in [0.1, 0.15) is 0 Å². The Morgan fingerprint density at radius 2 is 2.06 bits per heavy atom. The van der Waals surface area contributed by atoms with E-state index in [2.05, 4.69) is 12.2 Å². The van der Waals surface area contributed by atoms with E-state index in [0.29, 0.717) is 10.3 Å². The van der Waals surface area contributed by atoms with E-state index < -0.39 is 9.84 Å². The average Bonchev–Trinajstić information content (AvgIpc) is 2.97. The van der Waals surface area contributed by atoms with Crippen LogP contribution >= 0.6 is 0 Å². The molecule has 0 amide bonds. The Morgan fingerprint density at radius 1 is 1.35 bits per heavy atom. The molecule has 1 aromatic rings. The standard InChI is InChI=1S/C13H17NO2S/c1-13(6-7-13)9-14-11-8-17(15,16)12-5-3-2-4-10(11)12/h2-5,11,14H,6-9H2,1H3. The Labute approximate surface area is 102 Å². The smallest absolute Gasteiger partial charge is 0.180 e. The van der Waals surface area contributed by atoms with Gasteiger partial charge in [-0.1, -0.05) is 25.1 Å². The third-order valence-electron chi connectivity index (χ3n) is 3.89. The first kappa shape index (κ1) is 11.2. The molecule has 92 valence electrons. The largest absolute Gasteiger partial charge is 0.308 e. The van der Waals surface area contributed by atoms with Crippen LogP contribution in [0.2, 0.25) is 0 Å². The van der Waals surface area contributed by atoms with E-state index in [1.54, 1.807) is 12.1 Å². The highest BCUT2D eigenvalue weighted by molar-refractivity contribution is 7.91. The number of hydrogen-bond donors (Lipinski definition) is 1. The lowest BCUT2D eigenvalue weighted by Crippen LogP contribution is -2.28. The zero-order valence-electron chi connectivity index (χ0n) is 9.94. The fourth-order valence-electron chi connectivity index (χ4n) is 2.38. The molecule has 1 aliphatic heterocycles. The van der Waals surface area contributed by atoms with Crippen molar-refractivity contribution in [3.05, 3.63) is 29.8 Å². The van der Waals surface area contributed by atoms with E-state index in [9.17, 15) is 8.42 Å². The van der Waals surface area contributed by atoms with Crippen molar-refractivity contribution in [3.63, 3.8) is 0 Å². The molecular formula is C13H17NO2S. The predicted octanol–water partition coefficient (Wildman–Crippen LogP) is 1.90. The highest BCUT2D eigenvalue weighted by atomic mass is 32.2. The maximum absolute atomic E-state index is 12.0. The fourth-order valence-corrected chi connectivity index (χ4v) is 4.15. The van der Waals surface area contributed by atoms with Gasteiger partial charge in [-0.05, 0) is 29.9 Å². The van der Waals surface area contributed by atoms with Crippen molar-refractivity contribution in [2.45, 2.75) is 30.7 Å². The van der Waals surface area contributed by atoms with E-state index in [1.165, 1.54) is 12.8 Å². The lowest BCUT2D eigenvalue weighted by molar-refractivity contribution is 0.459. The van der Waals surface area contributed by atoms with E-state index in [4.69, 9.17) is 0 Å². The van der Waals surface area contributed by atoms with E-state index >= 15 is 0 Å². The highest BCUT2D eigenvalue weighted by Gasteiger charge is 2.40. The molecule has 0 radical (unpaired) electrons. The molecule has 0 aromatic heterocycles. The number of hydrogen-bond acceptors (Lipinski definition) is 3. The van der Waals surface area contributed by atoms with Crippen molar-refractivity contribution in [1.29, 1.82) is 0 Å². The first-order valence-corrected chi connectivity index (χ1v) is 7.71. The SMILES string of the molecule is CC1(CNC2CS(=O)(=O)c3ccccc32)CC1. The molecule has 17 heavy (non-hydrogen) atoms. The molecule has 2 aliphatic rings. The van der Waals surface area contributed by atoms with Crippen LogP contribution in [0.3, 0.4) is 0 Å². The summed E-state index contributed by atoms with van der Waals surface area (Å²) in [5.41, 5.74) is 1.35.